The Kier molecular flexibility index (Phi) is 13.3. The molecule has 0 amide bonds. The number of carbonyl (C=O) groups excluding carboxylic acids is 1. The predicted octanol–water partition coefficient (Wildman–Crippen LogP) is 11.1. The third kappa shape index (κ3) is 12.1. The maximum atomic E-state index is 11.3. The minimum Gasteiger partial charge on any atom is -0.489 e. The van der Waals surface area contributed by atoms with Crippen molar-refractivity contribution in [3.05, 3.63) is 209 Å². The van der Waals surface area contributed by atoms with Crippen molar-refractivity contribution in [1.29, 1.82) is 0 Å². The summed E-state index contributed by atoms with van der Waals surface area (Å²) in [7, 11) is 0. The first-order valence-corrected chi connectivity index (χ1v) is 18.6. The van der Waals surface area contributed by atoms with Crippen LogP contribution >= 0.6 is 0 Å². The Morgan fingerprint density at radius 2 is 0.561 bits per heavy atom. The molecule has 0 radical (unpaired) electrons. The van der Waals surface area contributed by atoms with Crippen molar-refractivity contribution in [2.24, 2.45) is 4.99 Å². The zero-order chi connectivity index (χ0) is 38.9. The zero-order valence-electron chi connectivity index (χ0n) is 31.3. The average molecular weight is 756 g/mol. The van der Waals surface area contributed by atoms with Crippen molar-refractivity contribution in [3.8, 4) is 34.5 Å². The fourth-order valence-electron chi connectivity index (χ4n) is 5.90. The molecule has 57 heavy (non-hydrogen) atoms. The molecule has 0 bridgehead atoms. The van der Waals surface area contributed by atoms with E-state index in [1.807, 2.05) is 158 Å². The number of ether oxygens (including phenoxy) is 6. The quantitative estimate of drug-likeness (QED) is 0.0600. The van der Waals surface area contributed by atoms with Crippen LogP contribution in [0.25, 0.3) is 0 Å². The molecule has 8 nitrogen and oxygen atoms in total. The Bertz CT molecular complexity index is 2090. The zero-order valence-corrected chi connectivity index (χ0v) is 31.3. The van der Waals surface area contributed by atoms with Crippen molar-refractivity contribution in [2.45, 2.75) is 39.6 Å². The third-order valence-corrected chi connectivity index (χ3v) is 8.72. The van der Waals surface area contributed by atoms with Crippen LogP contribution in [0.1, 0.15) is 33.4 Å². The SMILES string of the molecule is O=C=Nc1cc(OCc2cc(OCc3ccccc3)cc(OCc3ccccc3)c2)cc(OCc2cc(OCc3ccccc3)cc(OCc3ccccc3)c2)c1. The Labute approximate surface area is 332 Å². The van der Waals surface area contributed by atoms with Gasteiger partial charge in [-0.25, -0.2) is 4.79 Å². The van der Waals surface area contributed by atoms with Gasteiger partial charge in [0.05, 0.1) is 5.69 Å². The maximum Gasteiger partial charge on any atom is 0.240 e. The van der Waals surface area contributed by atoms with E-state index in [1.54, 1.807) is 24.3 Å². The molecule has 8 heteroatoms. The van der Waals surface area contributed by atoms with Crippen molar-refractivity contribution in [2.75, 3.05) is 0 Å². The molecule has 0 aromatic heterocycles. The van der Waals surface area contributed by atoms with Gasteiger partial charge in [-0.05, 0) is 57.6 Å². The fourth-order valence-corrected chi connectivity index (χ4v) is 5.90. The topological polar surface area (TPSA) is 84.8 Å². The van der Waals surface area contributed by atoms with Crippen molar-refractivity contribution in [3.63, 3.8) is 0 Å². The summed E-state index contributed by atoms with van der Waals surface area (Å²) < 4.78 is 37.3. The summed E-state index contributed by atoms with van der Waals surface area (Å²) in [5.41, 5.74) is 6.19. The highest BCUT2D eigenvalue weighted by atomic mass is 16.5. The molecule has 0 aliphatic carbocycles. The maximum absolute atomic E-state index is 11.3. The van der Waals surface area contributed by atoms with E-state index in [-0.39, 0.29) is 13.2 Å². The summed E-state index contributed by atoms with van der Waals surface area (Å²) in [5, 5.41) is 0. The van der Waals surface area contributed by atoms with Crippen LogP contribution in [0.5, 0.6) is 34.5 Å². The standard InChI is InChI=1S/C49H41NO7/c51-36-50-43-25-48(56-34-41-21-44(52-30-37-13-5-1-6-14-37)27-45(22-41)53-31-38-15-7-2-8-16-38)29-49(26-43)57-35-42-23-46(54-32-39-17-9-3-10-18-39)28-47(24-42)55-33-40-19-11-4-12-20-40/h1-29H,30-35H2. The van der Waals surface area contributed by atoms with Gasteiger partial charge in [0.15, 0.2) is 0 Å². The lowest BCUT2D eigenvalue weighted by molar-refractivity contribution is 0.276. The normalized spacial score (nSPS) is 10.5. The van der Waals surface area contributed by atoms with E-state index >= 15 is 0 Å². The molecule has 7 aromatic carbocycles. The van der Waals surface area contributed by atoms with Gasteiger partial charge in [0, 0.05) is 30.3 Å². The van der Waals surface area contributed by atoms with Crippen LogP contribution in [0, 0.1) is 0 Å². The summed E-state index contributed by atoms with van der Waals surface area (Å²) in [6.07, 6.45) is 1.62. The lowest BCUT2D eigenvalue weighted by Crippen LogP contribution is -2.02. The van der Waals surface area contributed by atoms with E-state index in [0.29, 0.717) is 66.6 Å². The molecular weight excluding hydrogens is 715 g/mol. The average Bonchev–Trinajstić information content (AvgIpc) is 3.26. The van der Waals surface area contributed by atoms with Gasteiger partial charge < -0.3 is 28.4 Å². The molecule has 0 aliphatic heterocycles. The molecule has 7 rings (SSSR count). The van der Waals surface area contributed by atoms with E-state index in [9.17, 15) is 4.79 Å². The first kappa shape index (κ1) is 38.0. The van der Waals surface area contributed by atoms with Gasteiger partial charge >= 0.3 is 0 Å². The first-order chi connectivity index (χ1) is 28.1. The smallest absolute Gasteiger partial charge is 0.240 e. The first-order valence-electron chi connectivity index (χ1n) is 18.6. The second kappa shape index (κ2) is 19.9. The van der Waals surface area contributed by atoms with Gasteiger partial charge in [-0.2, -0.15) is 4.99 Å². The van der Waals surface area contributed by atoms with Gasteiger partial charge in [0.1, 0.15) is 74.1 Å². The Balaban J connectivity index is 1.06. The lowest BCUT2D eigenvalue weighted by Gasteiger charge is -2.15. The van der Waals surface area contributed by atoms with Gasteiger partial charge in [0.25, 0.3) is 0 Å². The van der Waals surface area contributed by atoms with E-state index in [0.717, 1.165) is 33.4 Å². The molecule has 0 N–H and O–H groups in total. The van der Waals surface area contributed by atoms with Gasteiger partial charge in [0.2, 0.25) is 6.08 Å². The number of hydrogen-bond acceptors (Lipinski definition) is 8. The molecule has 0 saturated heterocycles. The van der Waals surface area contributed by atoms with Gasteiger partial charge in [-0.3, -0.25) is 0 Å². The third-order valence-electron chi connectivity index (χ3n) is 8.72. The van der Waals surface area contributed by atoms with E-state index < -0.39 is 0 Å². The molecule has 0 atom stereocenters. The van der Waals surface area contributed by atoms with Crippen LogP contribution < -0.4 is 28.4 Å². The molecule has 0 fully saturated rings. The number of aliphatic imine (C=N–C) groups is 1. The van der Waals surface area contributed by atoms with Crippen LogP contribution in [-0.2, 0) is 44.4 Å². The highest BCUT2D eigenvalue weighted by molar-refractivity contribution is 5.55. The molecule has 0 heterocycles. The number of rotatable bonds is 19. The molecule has 0 aliphatic rings. The Morgan fingerprint density at radius 3 is 0.825 bits per heavy atom. The van der Waals surface area contributed by atoms with E-state index in [2.05, 4.69) is 4.99 Å². The molecule has 284 valence electrons. The largest absolute Gasteiger partial charge is 0.489 e. The van der Waals surface area contributed by atoms with Gasteiger partial charge in [-0.1, -0.05) is 121 Å². The lowest BCUT2D eigenvalue weighted by atomic mass is 10.2. The summed E-state index contributed by atoms with van der Waals surface area (Å²) in [5.74, 6) is 3.50. The second-order valence-electron chi connectivity index (χ2n) is 13.2. The fraction of sp³-hybridized carbons (Fsp3) is 0.122. The minimum atomic E-state index is 0.181. The summed E-state index contributed by atoms with van der Waals surface area (Å²) in [4.78, 5) is 15.2. The highest BCUT2D eigenvalue weighted by Crippen LogP contribution is 2.32. The van der Waals surface area contributed by atoms with Crippen molar-refractivity contribution >= 4 is 11.8 Å². The second-order valence-corrected chi connectivity index (χ2v) is 13.2. The summed E-state index contributed by atoms with van der Waals surface area (Å²) in [6, 6.07) is 56.4. The van der Waals surface area contributed by atoms with E-state index in [4.69, 9.17) is 28.4 Å². The number of isocyanates is 1. The summed E-state index contributed by atoms with van der Waals surface area (Å²) in [6.45, 7) is 1.97. The molecule has 7 aromatic rings. The number of benzene rings is 7. The molecule has 0 unspecified atom stereocenters. The van der Waals surface area contributed by atoms with E-state index in [1.165, 1.54) is 0 Å². The number of hydrogen-bond donors (Lipinski definition) is 0. The monoisotopic (exact) mass is 755 g/mol. The van der Waals surface area contributed by atoms with Crippen molar-refractivity contribution in [1.82, 2.24) is 0 Å². The van der Waals surface area contributed by atoms with Gasteiger partial charge in [-0.15, -0.1) is 0 Å². The Morgan fingerprint density at radius 1 is 0.316 bits per heavy atom. The Hall–Kier alpha value is -7.28. The van der Waals surface area contributed by atoms with Crippen LogP contribution in [0.4, 0.5) is 5.69 Å². The van der Waals surface area contributed by atoms with Crippen molar-refractivity contribution < 1.29 is 33.2 Å². The highest BCUT2D eigenvalue weighted by Gasteiger charge is 2.11. The predicted molar refractivity (Wildman–Crippen MR) is 219 cm³/mol. The number of nitrogens with zero attached hydrogens (tertiary/aromatic N) is 1. The summed E-state index contributed by atoms with van der Waals surface area (Å²) >= 11 is 0. The molecule has 0 spiro atoms. The van der Waals surface area contributed by atoms with Crippen LogP contribution in [0.15, 0.2) is 181 Å². The molecular formula is C49H41NO7. The molecule has 0 saturated carbocycles. The van der Waals surface area contributed by atoms with Crippen LogP contribution in [0.2, 0.25) is 0 Å². The van der Waals surface area contributed by atoms with Crippen LogP contribution in [0.3, 0.4) is 0 Å². The minimum absolute atomic E-state index is 0.181. The van der Waals surface area contributed by atoms with Crippen LogP contribution in [-0.4, -0.2) is 6.08 Å².